The number of amidine groups is 1. The molecule has 0 aliphatic carbocycles. The molecular weight excluding hydrogens is 259 g/mol. The molecule has 20 heavy (non-hydrogen) atoms. The molecule has 4 N–H and O–H groups in total. The fourth-order valence-electron chi connectivity index (χ4n) is 1.42. The second-order valence-corrected chi connectivity index (χ2v) is 3.94. The Hall–Kier alpha value is -2.89. The maximum atomic E-state index is 12.7. The van der Waals surface area contributed by atoms with Gasteiger partial charge in [-0.2, -0.15) is 5.10 Å². The zero-order valence-electron chi connectivity index (χ0n) is 10.5. The number of carbonyl (C=O) groups excluding carboxylic acids is 1. The first-order valence-electron chi connectivity index (χ1n) is 5.86. The van der Waals surface area contributed by atoms with Gasteiger partial charge in [-0.3, -0.25) is 10.2 Å². The summed E-state index contributed by atoms with van der Waals surface area (Å²) in [5, 5.41) is 6.32. The van der Waals surface area contributed by atoms with Gasteiger partial charge in [0.25, 0.3) is 5.91 Å². The molecule has 0 aromatic heterocycles. The third-order valence-corrected chi connectivity index (χ3v) is 2.41. The Morgan fingerprint density at radius 1 is 1.00 bits per heavy atom. The van der Waals surface area contributed by atoms with E-state index in [1.807, 2.05) is 6.07 Å². The van der Waals surface area contributed by atoms with Gasteiger partial charge in [0.1, 0.15) is 5.82 Å². The van der Waals surface area contributed by atoms with E-state index >= 15 is 0 Å². The molecule has 0 bridgehead atoms. The summed E-state index contributed by atoms with van der Waals surface area (Å²) in [6, 6.07) is 14.4. The largest absolute Gasteiger partial charge is 0.378 e. The molecule has 0 atom stereocenters. The van der Waals surface area contributed by atoms with Gasteiger partial charge in [-0.05, 0) is 36.4 Å². The number of amides is 1. The molecule has 2 aromatic carbocycles. The maximum Gasteiger partial charge on any atom is 0.292 e. The highest BCUT2D eigenvalue weighted by Crippen LogP contribution is 2.08. The molecule has 0 saturated heterocycles. The number of nitrogens with one attached hydrogen (secondary N) is 2. The van der Waals surface area contributed by atoms with E-state index in [1.165, 1.54) is 24.3 Å². The van der Waals surface area contributed by atoms with E-state index in [-0.39, 0.29) is 11.7 Å². The quantitative estimate of drug-likeness (QED) is 0.455. The van der Waals surface area contributed by atoms with Crippen LogP contribution in [-0.4, -0.2) is 11.7 Å². The van der Waals surface area contributed by atoms with Crippen molar-refractivity contribution < 1.29 is 9.18 Å². The van der Waals surface area contributed by atoms with Gasteiger partial charge in [-0.15, -0.1) is 0 Å². The first kappa shape index (κ1) is 13.5. The molecule has 0 radical (unpaired) electrons. The van der Waals surface area contributed by atoms with Crippen molar-refractivity contribution in [2.45, 2.75) is 0 Å². The number of carbonyl (C=O) groups is 1. The van der Waals surface area contributed by atoms with Crippen LogP contribution in [0.2, 0.25) is 0 Å². The minimum atomic E-state index is -0.522. The summed E-state index contributed by atoms with van der Waals surface area (Å²) < 4.78 is 12.7. The van der Waals surface area contributed by atoms with Crippen molar-refractivity contribution in [1.29, 1.82) is 0 Å². The van der Waals surface area contributed by atoms with E-state index < -0.39 is 5.91 Å². The molecule has 5 nitrogen and oxygen atoms in total. The summed E-state index contributed by atoms with van der Waals surface area (Å²) >= 11 is 0. The second kappa shape index (κ2) is 6.33. The highest BCUT2D eigenvalue weighted by atomic mass is 19.1. The van der Waals surface area contributed by atoms with Gasteiger partial charge in [0.2, 0.25) is 5.84 Å². The van der Waals surface area contributed by atoms with Crippen molar-refractivity contribution in [2.24, 2.45) is 10.8 Å². The zero-order valence-corrected chi connectivity index (χ0v) is 10.5. The number of hydrazone groups is 1. The van der Waals surface area contributed by atoms with Gasteiger partial charge in [-0.1, -0.05) is 18.2 Å². The standard InChI is InChI=1S/C14H13FN4O/c15-10-6-8-12(9-7-10)18-19-13(16)14(20)17-11-4-2-1-3-5-11/h1-9,18H,(H2,16,19)(H,17,20). The summed E-state index contributed by atoms with van der Waals surface area (Å²) in [6.45, 7) is 0. The normalized spacial score (nSPS) is 10.9. The molecule has 0 aliphatic heterocycles. The number of rotatable bonds is 3. The molecule has 102 valence electrons. The Kier molecular flexibility index (Phi) is 4.28. The van der Waals surface area contributed by atoms with E-state index in [2.05, 4.69) is 15.8 Å². The summed E-state index contributed by atoms with van der Waals surface area (Å²) in [5.74, 6) is -1.10. The van der Waals surface area contributed by atoms with E-state index in [0.29, 0.717) is 11.4 Å². The van der Waals surface area contributed by atoms with E-state index in [9.17, 15) is 9.18 Å². The topological polar surface area (TPSA) is 79.5 Å². The third kappa shape index (κ3) is 3.81. The molecular formula is C14H13FN4O. The van der Waals surface area contributed by atoms with Crippen LogP contribution in [0.3, 0.4) is 0 Å². The van der Waals surface area contributed by atoms with Crippen LogP contribution in [0.1, 0.15) is 0 Å². The van der Waals surface area contributed by atoms with Gasteiger partial charge in [0, 0.05) is 5.69 Å². The minimum Gasteiger partial charge on any atom is -0.378 e. The molecule has 0 aliphatic rings. The average Bonchev–Trinajstić information content (AvgIpc) is 2.47. The molecule has 0 spiro atoms. The van der Waals surface area contributed by atoms with Crippen molar-refractivity contribution in [3.05, 3.63) is 60.4 Å². The molecule has 6 heteroatoms. The zero-order chi connectivity index (χ0) is 14.4. The number of nitrogens with two attached hydrogens (primary N) is 1. The van der Waals surface area contributed by atoms with Crippen LogP contribution >= 0.6 is 0 Å². The number of hydrogen-bond acceptors (Lipinski definition) is 3. The molecule has 2 rings (SSSR count). The fourth-order valence-corrected chi connectivity index (χ4v) is 1.42. The molecule has 0 fully saturated rings. The molecule has 1 amide bonds. The third-order valence-electron chi connectivity index (χ3n) is 2.41. The van der Waals surface area contributed by atoms with Gasteiger partial charge < -0.3 is 11.1 Å². The SMILES string of the molecule is N/C(=N\Nc1ccc(F)cc1)C(=O)Nc1ccccc1. The monoisotopic (exact) mass is 272 g/mol. The van der Waals surface area contributed by atoms with Crippen LogP contribution in [0.4, 0.5) is 15.8 Å². The molecule has 0 heterocycles. The smallest absolute Gasteiger partial charge is 0.292 e. The highest BCUT2D eigenvalue weighted by Gasteiger charge is 2.07. The van der Waals surface area contributed by atoms with E-state index in [0.717, 1.165) is 0 Å². The molecule has 2 aromatic rings. The van der Waals surface area contributed by atoms with E-state index in [4.69, 9.17) is 5.73 Å². The summed E-state index contributed by atoms with van der Waals surface area (Å²) in [4.78, 5) is 11.7. The van der Waals surface area contributed by atoms with Crippen LogP contribution in [0.25, 0.3) is 0 Å². The van der Waals surface area contributed by atoms with Gasteiger partial charge >= 0.3 is 0 Å². The Morgan fingerprint density at radius 2 is 1.65 bits per heavy atom. The number of halogens is 1. The number of anilines is 2. The Bertz CT molecular complexity index is 611. The van der Waals surface area contributed by atoms with Crippen LogP contribution < -0.4 is 16.5 Å². The first-order valence-corrected chi connectivity index (χ1v) is 5.86. The van der Waals surface area contributed by atoms with Crippen LogP contribution in [0.15, 0.2) is 59.7 Å². The predicted molar refractivity (Wildman–Crippen MR) is 76.7 cm³/mol. The lowest BCUT2D eigenvalue weighted by Crippen LogP contribution is -2.31. The van der Waals surface area contributed by atoms with Crippen molar-refractivity contribution in [2.75, 3.05) is 10.7 Å². The van der Waals surface area contributed by atoms with Gasteiger partial charge in [-0.25, -0.2) is 4.39 Å². The van der Waals surface area contributed by atoms with Crippen molar-refractivity contribution in [1.82, 2.24) is 0 Å². The summed E-state index contributed by atoms with van der Waals surface area (Å²) in [5.41, 5.74) is 9.27. The van der Waals surface area contributed by atoms with Crippen LogP contribution in [0.5, 0.6) is 0 Å². The average molecular weight is 272 g/mol. The van der Waals surface area contributed by atoms with Crippen molar-refractivity contribution in [3.8, 4) is 0 Å². The number of para-hydroxylation sites is 1. The van der Waals surface area contributed by atoms with Crippen LogP contribution in [0, 0.1) is 5.82 Å². The number of nitrogens with zero attached hydrogens (tertiary/aromatic N) is 1. The second-order valence-electron chi connectivity index (χ2n) is 3.94. The number of benzene rings is 2. The minimum absolute atomic E-state index is 0.224. The predicted octanol–water partition coefficient (Wildman–Crippen LogP) is 2.15. The lowest BCUT2D eigenvalue weighted by molar-refractivity contribution is -0.110. The van der Waals surface area contributed by atoms with Gasteiger partial charge in [0.05, 0.1) is 5.69 Å². The van der Waals surface area contributed by atoms with Crippen LogP contribution in [-0.2, 0) is 4.79 Å². The Labute approximate surface area is 115 Å². The first-order chi connectivity index (χ1) is 9.65. The Balaban J connectivity index is 1.96. The summed E-state index contributed by atoms with van der Waals surface area (Å²) in [6.07, 6.45) is 0. The lowest BCUT2D eigenvalue weighted by Gasteiger charge is -2.05. The fraction of sp³-hybridized carbons (Fsp3) is 0. The number of hydrogen-bond donors (Lipinski definition) is 3. The molecule has 0 saturated carbocycles. The molecule has 0 unspecified atom stereocenters. The van der Waals surface area contributed by atoms with Crippen molar-refractivity contribution >= 4 is 23.1 Å². The van der Waals surface area contributed by atoms with Gasteiger partial charge in [0.15, 0.2) is 0 Å². The lowest BCUT2D eigenvalue weighted by atomic mass is 10.3. The van der Waals surface area contributed by atoms with Crippen molar-refractivity contribution in [3.63, 3.8) is 0 Å². The summed E-state index contributed by atoms with van der Waals surface area (Å²) in [7, 11) is 0. The Morgan fingerprint density at radius 3 is 2.30 bits per heavy atom. The highest BCUT2D eigenvalue weighted by molar-refractivity contribution is 6.41. The van der Waals surface area contributed by atoms with E-state index in [1.54, 1.807) is 24.3 Å². The maximum absolute atomic E-state index is 12.7.